The van der Waals surface area contributed by atoms with Gasteiger partial charge in [0.2, 0.25) is 0 Å². The molecule has 1 atom stereocenters. The summed E-state index contributed by atoms with van der Waals surface area (Å²) in [6.07, 6.45) is 2.08. The maximum atomic E-state index is 5.65. The highest BCUT2D eigenvalue weighted by Gasteiger charge is 2.04. The third-order valence-corrected chi connectivity index (χ3v) is 2.83. The zero-order valence-electron chi connectivity index (χ0n) is 8.70. The Morgan fingerprint density at radius 2 is 2.14 bits per heavy atom. The standard InChI is InChI=1S/C12H16N2/c1-9(8-13)10-3-4-12-11(7-10)5-6-14(12)2/h3-7,9H,8,13H2,1-2H3. The maximum absolute atomic E-state index is 5.65. The fraction of sp³-hybridized carbons (Fsp3) is 0.333. The third-order valence-electron chi connectivity index (χ3n) is 2.83. The fourth-order valence-electron chi connectivity index (χ4n) is 1.74. The Morgan fingerprint density at radius 3 is 2.86 bits per heavy atom. The summed E-state index contributed by atoms with van der Waals surface area (Å²) in [5.41, 5.74) is 8.25. The van der Waals surface area contributed by atoms with E-state index in [9.17, 15) is 0 Å². The zero-order chi connectivity index (χ0) is 10.1. The smallest absolute Gasteiger partial charge is 0.0477 e. The van der Waals surface area contributed by atoms with Gasteiger partial charge in [-0.05, 0) is 41.6 Å². The summed E-state index contributed by atoms with van der Waals surface area (Å²) in [5, 5.41) is 1.30. The SMILES string of the molecule is CC(CN)c1ccc2c(ccn2C)c1. The van der Waals surface area contributed by atoms with Gasteiger partial charge in [-0.1, -0.05) is 13.0 Å². The molecule has 0 bridgehead atoms. The van der Waals surface area contributed by atoms with E-state index >= 15 is 0 Å². The number of hydrogen-bond donors (Lipinski definition) is 1. The van der Waals surface area contributed by atoms with Gasteiger partial charge in [-0.25, -0.2) is 0 Å². The summed E-state index contributed by atoms with van der Waals surface area (Å²) in [5.74, 6) is 0.444. The van der Waals surface area contributed by atoms with Crippen LogP contribution in [-0.2, 0) is 7.05 Å². The minimum atomic E-state index is 0.444. The van der Waals surface area contributed by atoms with Crippen molar-refractivity contribution in [2.75, 3.05) is 6.54 Å². The lowest BCUT2D eigenvalue weighted by molar-refractivity contribution is 0.775. The van der Waals surface area contributed by atoms with E-state index in [1.807, 2.05) is 0 Å². The highest BCUT2D eigenvalue weighted by atomic mass is 14.9. The first-order valence-corrected chi connectivity index (χ1v) is 4.97. The van der Waals surface area contributed by atoms with Crippen LogP contribution in [0.5, 0.6) is 0 Å². The molecule has 2 rings (SSSR count). The minimum absolute atomic E-state index is 0.444. The molecular formula is C12H16N2. The van der Waals surface area contributed by atoms with E-state index in [0.717, 1.165) is 0 Å². The van der Waals surface area contributed by atoms with Gasteiger partial charge in [0.15, 0.2) is 0 Å². The van der Waals surface area contributed by atoms with Crippen LogP contribution >= 0.6 is 0 Å². The molecule has 0 aliphatic carbocycles. The normalized spacial score (nSPS) is 13.4. The molecule has 2 heteroatoms. The summed E-state index contributed by atoms with van der Waals surface area (Å²) < 4.78 is 2.13. The van der Waals surface area contributed by atoms with Crippen LogP contribution in [0, 0.1) is 0 Å². The van der Waals surface area contributed by atoms with Gasteiger partial charge in [0, 0.05) is 18.8 Å². The van der Waals surface area contributed by atoms with Crippen molar-refractivity contribution in [3.63, 3.8) is 0 Å². The number of aryl methyl sites for hydroxylation is 1. The Labute approximate surface area is 84.3 Å². The molecule has 0 aliphatic rings. The van der Waals surface area contributed by atoms with Crippen LogP contribution in [0.1, 0.15) is 18.4 Å². The first-order valence-electron chi connectivity index (χ1n) is 4.97. The number of benzene rings is 1. The monoisotopic (exact) mass is 188 g/mol. The fourth-order valence-corrected chi connectivity index (χ4v) is 1.74. The number of nitrogens with zero attached hydrogens (tertiary/aromatic N) is 1. The van der Waals surface area contributed by atoms with Gasteiger partial charge in [-0.3, -0.25) is 0 Å². The predicted molar refractivity (Wildman–Crippen MR) is 60.4 cm³/mol. The lowest BCUT2D eigenvalue weighted by Gasteiger charge is -2.08. The van der Waals surface area contributed by atoms with Crippen LogP contribution < -0.4 is 5.73 Å². The van der Waals surface area contributed by atoms with Gasteiger partial charge in [-0.15, -0.1) is 0 Å². The number of rotatable bonds is 2. The number of hydrogen-bond acceptors (Lipinski definition) is 1. The molecule has 1 aromatic heterocycles. The molecule has 0 saturated carbocycles. The Bertz CT molecular complexity index is 443. The van der Waals surface area contributed by atoms with E-state index < -0.39 is 0 Å². The predicted octanol–water partition coefficient (Wildman–Crippen LogP) is 2.24. The molecule has 0 fully saturated rings. The van der Waals surface area contributed by atoms with Crippen LogP contribution in [0.15, 0.2) is 30.5 Å². The molecule has 0 saturated heterocycles. The molecule has 0 spiro atoms. The maximum Gasteiger partial charge on any atom is 0.0477 e. The zero-order valence-corrected chi connectivity index (χ0v) is 8.70. The molecule has 74 valence electrons. The van der Waals surface area contributed by atoms with E-state index in [4.69, 9.17) is 5.73 Å². The molecule has 2 aromatic rings. The minimum Gasteiger partial charge on any atom is -0.351 e. The number of fused-ring (bicyclic) bond motifs is 1. The first kappa shape index (κ1) is 9.28. The molecular weight excluding hydrogens is 172 g/mol. The highest BCUT2D eigenvalue weighted by Crippen LogP contribution is 2.21. The van der Waals surface area contributed by atoms with Crippen molar-refractivity contribution >= 4 is 10.9 Å². The van der Waals surface area contributed by atoms with E-state index in [1.54, 1.807) is 0 Å². The number of aromatic nitrogens is 1. The molecule has 2 nitrogen and oxygen atoms in total. The van der Waals surface area contributed by atoms with Crippen molar-refractivity contribution in [1.29, 1.82) is 0 Å². The molecule has 1 heterocycles. The van der Waals surface area contributed by atoms with Crippen LogP contribution in [-0.4, -0.2) is 11.1 Å². The molecule has 0 amide bonds. The quantitative estimate of drug-likeness (QED) is 0.770. The van der Waals surface area contributed by atoms with Gasteiger partial charge < -0.3 is 10.3 Å². The van der Waals surface area contributed by atoms with Crippen molar-refractivity contribution in [2.24, 2.45) is 12.8 Å². The first-order chi connectivity index (χ1) is 6.72. The Hall–Kier alpha value is -1.28. The van der Waals surface area contributed by atoms with Crippen molar-refractivity contribution in [3.8, 4) is 0 Å². The van der Waals surface area contributed by atoms with Crippen molar-refractivity contribution in [1.82, 2.24) is 4.57 Å². The second kappa shape index (κ2) is 3.46. The summed E-state index contributed by atoms with van der Waals surface area (Å²) in [7, 11) is 2.06. The third kappa shape index (κ3) is 1.42. The summed E-state index contributed by atoms with van der Waals surface area (Å²) in [6, 6.07) is 8.70. The molecule has 14 heavy (non-hydrogen) atoms. The van der Waals surface area contributed by atoms with Gasteiger partial charge >= 0.3 is 0 Å². The highest BCUT2D eigenvalue weighted by molar-refractivity contribution is 5.80. The molecule has 1 aromatic carbocycles. The van der Waals surface area contributed by atoms with Crippen LogP contribution in [0.3, 0.4) is 0 Å². The second-order valence-electron chi connectivity index (χ2n) is 3.88. The van der Waals surface area contributed by atoms with Crippen molar-refractivity contribution < 1.29 is 0 Å². The van der Waals surface area contributed by atoms with Crippen molar-refractivity contribution in [2.45, 2.75) is 12.8 Å². The molecule has 2 N–H and O–H groups in total. The van der Waals surface area contributed by atoms with Crippen molar-refractivity contribution in [3.05, 3.63) is 36.0 Å². The van der Waals surface area contributed by atoms with E-state index in [2.05, 4.69) is 49.0 Å². The topological polar surface area (TPSA) is 30.9 Å². The summed E-state index contributed by atoms with van der Waals surface area (Å²) in [4.78, 5) is 0. The number of nitrogens with two attached hydrogens (primary N) is 1. The van der Waals surface area contributed by atoms with Gasteiger partial charge in [0.1, 0.15) is 0 Å². The summed E-state index contributed by atoms with van der Waals surface area (Å²) in [6.45, 7) is 2.86. The van der Waals surface area contributed by atoms with Crippen LogP contribution in [0.2, 0.25) is 0 Å². The van der Waals surface area contributed by atoms with Gasteiger partial charge in [-0.2, -0.15) is 0 Å². The summed E-state index contributed by atoms with van der Waals surface area (Å²) >= 11 is 0. The largest absolute Gasteiger partial charge is 0.351 e. The van der Waals surface area contributed by atoms with Gasteiger partial charge in [0.25, 0.3) is 0 Å². The van der Waals surface area contributed by atoms with E-state index in [-0.39, 0.29) is 0 Å². The Kier molecular flexibility index (Phi) is 2.30. The average Bonchev–Trinajstić information content (AvgIpc) is 2.59. The molecule has 0 aliphatic heterocycles. The van der Waals surface area contributed by atoms with Gasteiger partial charge in [0.05, 0.1) is 0 Å². The lowest BCUT2D eigenvalue weighted by atomic mass is 10.0. The van der Waals surface area contributed by atoms with Crippen LogP contribution in [0.25, 0.3) is 10.9 Å². The lowest BCUT2D eigenvalue weighted by Crippen LogP contribution is -2.08. The average molecular weight is 188 g/mol. The van der Waals surface area contributed by atoms with Crippen LogP contribution in [0.4, 0.5) is 0 Å². The van der Waals surface area contributed by atoms with E-state index in [1.165, 1.54) is 16.5 Å². The second-order valence-corrected chi connectivity index (χ2v) is 3.88. The Morgan fingerprint density at radius 1 is 1.36 bits per heavy atom. The molecule has 0 radical (unpaired) electrons. The molecule has 1 unspecified atom stereocenters. The van der Waals surface area contributed by atoms with E-state index in [0.29, 0.717) is 12.5 Å². The Balaban J connectivity index is 2.52.